The summed E-state index contributed by atoms with van der Waals surface area (Å²) in [6, 6.07) is 5.48. The number of fused-ring (bicyclic) bond motifs is 1. The molecule has 0 aliphatic carbocycles. The molecule has 2 aliphatic heterocycles. The van der Waals surface area contributed by atoms with Crippen molar-refractivity contribution >= 4 is 12.0 Å². The van der Waals surface area contributed by atoms with Gasteiger partial charge in [0.25, 0.3) is 5.91 Å². The van der Waals surface area contributed by atoms with Crippen LogP contribution in [0.25, 0.3) is 0 Å². The number of amides is 2. The predicted octanol–water partition coefficient (Wildman–Crippen LogP) is 2.83. The van der Waals surface area contributed by atoms with Crippen LogP contribution in [0.3, 0.4) is 0 Å². The molecular formula is C17H19NO5. The molecule has 0 aromatic heterocycles. The number of likely N-dealkylation sites (tertiary alicyclic amines) is 1. The van der Waals surface area contributed by atoms with Crippen LogP contribution in [-0.4, -0.2) is 35.8 Å². The Bertz CT molecular complexity index is 689. The lowest BCUT2D eigenvalue weighted by atomic mass is 9.94. The van der Waals surface area contributed by atoms with Crippen LogP contribution >= 0.6 is 0 Å². The molecule has 2 aliphatic rings. The maximum atomic E-state index is 12.3. The van der Waals surface area contributed by atoms with Crippen molar-refractivity contribution in [3.05, 3.63) is 35.9 Å². The van der Waals surface area contributed by atoms with Crippen LogP contribution in [0.1, 0.15) is 32.3 Å². The van der Waals surface area contributed by atoms with Crippen molar-refractivity contribution in [2.24, 2.45) is 0 Å². The summed E-state index contributed by atoms with van der Waals surface area (Å²) in [6.45, 7) is 9.53. The summed E-state index contributed by atoms with van der Waals surface area (Å²) in [5.74, 6) is 0.637. The van der Waals surface area contributed by atoms with Crippen molar-refractivity contribution in [1.29, 1.82) is 0 Å². The van der Waals surface area contributed by atoms with Crippen molar-refractivity contribution in [3.8, 4) is 11.5 Å². The molecule has 1 atom stereocenters. The Morgan fingerprint density at radius 1 is 1.30 bits per heavy atom. The van der Waals surface area contributed by atoms with E-state index in [9.17, 15) is 9.59 Å². The molecule has 2 amide bonds. The van der Waals surface area contributed by atoms with Crippen molar-refractivity contribution < 1.29 is 23.8 Å². The van der Waals surface area contributed by atoms with E-state index in [1.807, 2.05) is 12.1 Å². The quantitative estimate of drug-likeness (QED) is 0.745. The first-order chi connectivity index (χ1) is 10.8. The molecule has 1 unspecified atom stereocenters. The third-order valence-electron chi connectivity index (χ3n) is 3.72. The number of hydrogen-bond acceptors (Lipinski definition) is 5. The van der Waals surface area contributed by atoms with Gasteiger partial charge in [-0.2, -0.15) is 0 Å². The molecule has 1 fully saturated rings. The molecule has 6 nitrogen and oxygen atoms in total. The summed E-state index contributed by atoms with van der Waals surface area (Å²) >= 11 is 0. The van der Waals surface area contributed by atoms with Gasteiger partial charge in [-0.25, -0.2) is 9.69 Å². The van der Waals surface area contributed by atoms with Gasteiger partial charge in [0, 0.05) is 18.0 Å². The van der Waals surface area contributed by atoms with E-state index in [1.165, 1.54) is 0 Å². The van der Waals surface area contributed by atoms with Gasteiger partial charge in [0.2, 0.25) is 6.79 Å². The molecule has 23 heavy (non-hydrogen) atoms. The predicted molar refractivity (Wildman–Crippen MR) is 82.4 cm³/mol. The topological polar surface area (TPSA) is 65.1 Å². The molecule has 0 N–H and O–H groups in total. The number of imide groups is 1. The van der Waals surface area contributed by atoms with Gasteiger partial charge < -0.3 is 14.2 Å². The Hall–Kier alpha value is -2.50. The van der Waals surface area contributed by atoms with Crippen LogP contribution in [0.15, 0.2) is 30.4 Å². The second-order valence-electron chi connectivity index (χ2n) is 6.59. The summed E-state index contributed by atoms with van der Waals surface area (Å²) in [5, 5.41) is 0. The highest BCUT2D eigenvalue weighted by Crippen LogP contribution is 2.39. The zero-order chi connectivity index (χ0) is 16.8. The van der Waals surface area contributed by atoms with Gasteiger partial charge in [0.15, 0.2) is 11.5 Å². The van der Waals surface area contributed by atoms with Gasteiger partial charge in [-0.15, -0.1) is 0 Å². The maximum absolute atomic E-state index is 12.3. The molecular weight excluding hydrogens is 298 g/mol. The molecule has 122 valence electrons. The third-order valence-corrected chi connectivity index (χ3v) is 3.72. The summed E-state index contributed by atoms with van der Waals surface area (Å²) in [7, 11) is 0. The van der Waals surface area contributed by atoms with Crippen LogP contribution in [-0.2, 0) is 9.53 Å². The molecule has 1 aromatic rings. The monoisotopic (exact) mass is 317 g/mol. The van der Waals surface area contributed by atoms with E-state index in [0.717, 1.165) is 10.5 Å². The van der Waals surface area contributed by atoms with E-state index in [-0.39, 0.29) is 19.3 Å². The zero-order valence-electron chi connectivity index (χ0n) is 13.4. The normalized spacial score (nSPS) is 20.1. The van der Waals surface area contributed by atoms with E-state index < -0.39 is 17.6 Å². The first-order valence-corrected chi connectivity index (χ1v) is 7.39. The molecule has 6 heteroatoms. The lowest BCUT2D eigenvalue weighted by Gasteiger charge is -2.23. The third kappa shape index (κ3) is 2.88. The lowest BCUT2D eigenvalue weighted by Crippen LogP contribution is -2.37. The van der Waals surface area contributed by atoms with Gasteiger partial charge >= 0.3 is 6.09 Å². The van der Waals surface area contributed by atoms with E-state index in [1.54, 1.807) is 26.8 Å². The minimum atomic E-state index is -0.657. The van der Waals surface area contributed by atoms with Crippen LogP contribution in [0.5, 0.6) is 11.5 Å². The fraction of sp³-hybridized carbons (Fsp3) is 0.412. The van der Waals surface area contributed by atoms with Gasteiger partial charge in [0.1, 0.15) is 5.60 Å². The van der Waals surface area contributed by atoms with E-state index in [0.29, 0.717) is 17.1 Å². The summed E-state index contributed by atoms with van der Waals surface area (Å²) in [4.78, 5) is 25.6. The van der Waals surface area contributed by atoms with Crippen molar-refractivity contribution in [2.75, 3.05) is 13.3 Å². The Morgan fingerprint density at radius 2 is 2.00 bits per heavy atom. The number of hydrogen-bond donors (Lipinski definition) is 0. The van der Waals surface area contributed by atoms with Crippen LogP contribution in [0.4, 0.5) is 4.79 Å². The SMILES string of the molecule is C=C1C(=O)N(C(=O)OC(C)(C)C)CC1c1ccc2c(c1)OCO2. The number of nitrogens with zero attached hydrogens (tertiary/aromatic N) is 1. The zero-order valence-corrected chi connectivity index (χ0v) is 13.4. The minimum Gasteiger partial charge on any atom is -0.454 e. The molecule has 0 radical (unpaired) electrons. The summed E-state index contributed by atoms with van der Waals surface area (Å²) < 4.78 is 15.9. The molecule has 0 saturated carbocycles. The van der Waals surface area contributed by atoms with Crippen LogP contribution < -0.4 is 9.47 Å². The van der Waals surface area contributed by atoms with E-state index >= 15 is 0 Å². The fourth-order valence-corrected chi connectivity index (χ4v) is 2.61. The first-order valence-electron chi connectivity index (χ1n) is 7.39. The number of carbonyl (C=O) groups excluding carboxylic acids is 2. The van der Waals surface area contributed by atoms with Crippen molar-refractivity contribution in [1.82, 2.24) is 4.90 Å². The molecule has 3 rings (SSSR count). The maximum Gasteiger partial charge on any atom is 0.417 e. The average molecular weight is 317 g/mol. The number of carbonyl (C=O) groups is 2. The lowest BCUT2D eigenvalue weighted by molar-refractivity contribution is -0.124. The summed E-state index contributed by atoms with van der Waals surface area (Å²) in [5.41, 5.74) is 0.573. The van der Waals surface area contributed by atoms with Crippen molar-refractivity contribution in [3.63, 3.8) is 0 Å². The van der Waals surface area contributed by atoms with Gasteiger partial charge in [0.05, 0.1) is 0 Å². The van der Waals surface area contributed by atoms with Gasteiger partial charge in [-0.05, 0) is 38.5 Å². The molecule has 0 bridgehead atoms. The first kappa shape index (κ1) is 15.4. The number of ether oxygens (including phenoxy) is 3. The van der Waals surface area contributed by atoms with Crippen molar-refractivity contribution in [2.45, 2.75) is 32.3 Å². The van der Waals surface area contributed by atoms with Crippen LogP contribution in [0, 0.1) is 0 Å². The average Bonchev–Trinajstić information content (AvgIpc) is 3.02. The van der Waals surface area contributed by atoms with Gasteiger partial charge in [-0.1, -0.05) is 12.6 Å². The Balaban J connectivity index is 1.81. The fourth-order valence-electron chi connectivity index (χ4n) is 2.61. The second-order valence-corrected chi connectivity index (χ2v) is 6.59. The van der Waals surface area contributed by atoms with Crippen LogP contribution in [0.2, 0.25) is 0 Å². The largest absolute Gasteiger partial charge is 0.454 e. The highest BCUT2D eigenvalue weighted by atomic mass is 16.7. The number of rotatable bonds is 1. The minimum absolute atomic E-state index is 0.188. The van der Waals surface area contributed by atoms with E-state index in [2.05, 4.69) is 6.58 Å². The Morgan fingerprint density at radius 3 is 2.70 bits per heavy atom. The molecule has 1 saturated heterocycles. The molecule has 0 spiro atoms. The Kier molecular flexibility index (Phi) is 3.55. The Labute approximate surface area is 134 Å². The highest BCUT2D eigenvalue weighted by Gasteiger charge is 2.40. The van der Waals surface area contributed by atoms with E-state index in [4.69, 9.17) is 14.2 Å². The summed E-state index contributed by atoms with van der Waals surface area (Å²) in [6.07, 6.45) is -0.646. The molecule has 1 aromatic carbocycles. The standard InChI is InChI=1S/C17H19NO5/c1-10-12(11-5-6-13-14(7-11)22-9-21-13)8-18(15(10)19)16(20)23-17(2,3)4/h5-7,12H,1,8-9H2,2-4H3. The highest BCUT2D eigenvalue weighted by molar-refractivity contribution is 6.05. The number of benzene rings is 1. The smallest absolute Gasteiger partial charge is 0.417 e. The second kappa shape index (κ2) is 5.30. The molecule has 2 heterocycles. The van der Waals surface area contributed by atoms with Gasteiger partial charge in [-0.3, -0.25) is 4.79 Å².